The zero-order valence-corrected chi connectivity index (χ0v) is 12.8. The number of alkyl halides is 2. The van der Waals surface area contributed by atoms with Crippen molar-refractivity contribution in [3.63, 3.8) is 0 Å². The Bertz CT molecular complexity index is 652. The molecule has 1 aromatic rings. The van der Waals surface area contributed by atoms with Gasteiger partial charge in [-0.05, 0) is 36.6 Å². The Balaban J connectivity index is 1.45. The molecule has 23 heavy (non-hydrogen) atoms. The lowest BCUT2D eigenvalue weighted by Crippen LogP contribution is -2.47. The molecule has 1 amide bonds. The Morgan fingerprint density at radius 2 is 2.09 bits per heavy atom. The highest BCUT2D eigenvalue weighted by molar-refractivity contribution is 5.79. The summed E-state index contributed by atoms with van der Waals surface area (Å²) in [6.45, 7) is 2.37. The molecule has 2 fully saturated rings. The molecule has 0 saturated carbocycles. The minimum atomic E-state index is -3.58. The first-order chi connectivity index (χ1) is 10.9. The van der Waals surface area contributed by atoms with Gasteiger partial charge < -0.3 is 14.4 Å². The van der Waals surface area contributed by atoms with Crippen LogP contribution >= 0.6 is 0 Å². The number of halogens is 2. The van der Waals surface area contributed by atoms with E-state index in [1.807, 2.05) is 11.9 Å². The van der Waals surface area contributed by atoms with Crippen molar-refractivity contribution in [2.24, 2.45) is 5.92 Å². The molecule has 0 aromatic heterocycles. The number of rotatable bonds is 2. The average molecular weight is 324 g/mol. The van der Waals surface area contributed by atoms with Gasteiger partial charge in [-0.3, -0.25) is 9.69 Å². The van der Waals surface area contributed by atoms with E-state index in [4.69, 9.17) is 0 Å². The molecule has 0 bridgehead atoms. The number of benzene rings is 1. The molecule has 0 aliphatic carbocycles. The Kier molecular flexibility index (Phi) is 3.23. The summed E-state index contributed by atoms with van der Waals surface area (Å²) in [6, 6.07) is 5.16. The summed E-state index contributed by atoms with van der Waals surface area (Å²) in [4.78, 5) is 15.9. The zero-order chi connectivity index (χ0) is 16.2. The van der Waals surface area contributed by atoms with Crippen LogP contribution < -0.4 is 9.47 Å². The van der Waals surface area contributed by atoms with Crippen LogP contribution in [0, 0.1) is 5.92 Å². The van der Waals surface area contributed by atoms with Gasteiger partial charge in [0.05, 0.1) is 0 Å². The van der Waals surface area contributed by atoms with Crippen molar-refractivity contribution in [2.75, 3.05) is 20.1 Å². The van der Waals surface area contributed by atoms with Crippen LogP contribution in [0.5, 0.6) is 11.5 Å². The molecule has 7 heteroatoms. The van der Waals surface area contributed by atoms with Crippen molar-refractivity contribution in [3.8, 4) is 11.5 Å². The van der Waals surface area contributed by atoms with Gasteiger partial charge in [-0.1, -0.05) is 6.07 Å². The van der Waals surface area contributed by atoms with Gasteiger partial charge >= 0.3 is 6.29 Å². The Morgan fingerprint density at radius 1 is 1.30 bits per heavy atom. The van der Waals surface area contributed by atoms with Crippen molar-refractivity contribution in [1.82, 2.24) is 9.80 Å². The largest absolute Gasteiger partial charge is 0.586 e. The second kappa shape index (κ2) is 5.06. The Morgan fingerprint density at radius 3 is 2.91 bits per heavy atom. The molecule has 124 valence electrons. The van der Waals surface area contributed by atoms with Crippen LogP contribution in [-0.4, -0.2) is 48.2 Å². The maximum atomic E-state index is 13.1. The number of carbonyl (C=O) groups is 1. The minimum Gasteiger partial charge on any atom is -0.395 e. The van der Waals surface area contributed by atoms with E-state index in [1.165, 1.54) is 6.07 Å². The van der Waals surface area contributed by atoms with Crippen molar-refractivity contribution in [3.05, 3.63) is 23.8 Å². The van der Waals surface area contributed by atoms with Gasteiger partial charge in [0.2, 0.25) is 5.91 Å². The van der Waals surface area contributed by atoms with Gasteiger partial charge in [0.25, 0.3) is 0 Å². The summed E-state index contributed by atoms with van der Waals surface area (Å²) in [5, 5.41) is 0. The van der Waals surface area contributed by atoms with Crippen LogP contribution in [0.2, 0.25) is 0 Å². The van der Waals surface area contributed by atoms with E-state index in [1.54, 1.807) is 12.1 Å². The molecule has 1 aromatic carbocycles. The molecular weight excluding hydrogens is 306 g/mol. The highest BCUT2D eigenvalue weighted by Crippen LogP contribution is 2.41. The van der Waals surface area contributed by atoms with E-state index in [0.29, 0.717) is 18.9 Å². The third-order valence-electron chi connectivity index (χ3n) is 5.01. The number of hydrogen-bond acceptors (Lipinski definition) is 4. The quantitative estimate of drug-likeness (QED) is 0.835. The standard InChI is InChI=1S/C16H18F2N2O3/c1-19-12-9-20(5-4-11(12)7-15(19)21)8-10-2-3-13-14(6-10)23-16(17,18)22-13/h2-3,6,11-12H,4-5,7-9H2,1H3/t11-,12-/m1/s1. The van der Waals surface area contributed by atoms with Gasteiger partial charge in [0.1, 0.15) is 0 Å². The molecule has 4 rings (SSSR count). The molecule has 2 atom stereocenters. The van der Waals surface area contributed by atoms with E-state index < -0.39 is 6.29 Å². The number of likely N-dealkylation sites (tertiary alicyclic amines) is 2. The fourth-order valence-corrected chi connectivity index (χ4v) is 3.77. The SMILES string of the molecule is CN1C(=O)C[C@H]2CCN(Cc3ccc4c(c3)OC(F)(F)O4)C[C@H]21. The third kappa shape index (κ3) is 2.63. The fourth-order valence-electron chi connectivity index (χ4n) is 3.77. The molecule has 3 heterocycles. The van der Waals surface area contributed by atoms with Crippen molar-refractivity contribution in [1.29, 1.82) is 0 Å². The number of likely N-dealkylation sites (N-methyl/N-ethyl adjacent to an activating group) is 1. The lowest BCUT2D eigenvalue weighted by Gasteiger charge is -2.37. The van der Waals surface area contributed by atoms with E-state index >= 15 is 0 Å². The zero-order valence-electron chi connectivity index (χ0n) is 12.8. The summed E-state index contributed by atoms with van der Waals surface area (Å²) in [6.07, 6.45) is -1.94. The van der Waals surface area contributed by atoms with Gasteiger partial charge in [-0.25, -0.2) is 0 Å². The van der Waals surface area contributed by atoms with Crippen LogP contribution in [0.15, 0.2) is 18.2 Å². The predicted molar refractivity (Wildman–Crippen MR) is 77.2 cm³/mol. The summed E-state index contributed by atoms with van der Waals surface area (Å²) in [5.41, 5.74) is 0.899. The number of carbonyl (C=O) groups excluding carboxylic acids is 1. The molecule has 0 unspecified atom stereocenters. The van der Waals surface area contributed by atoms with Crippen molar-refractivity contribution < 1.29 is 23.0 Å². The normalized spacial score (nSPS) is 29.0. The minimum absolute atomic E-state index is 0.0681. The summed E-state index contributed by atoms with van der Waals surface area (Å²) in [5.74, 6) is 0.806. The number of fused-ring (bicyclic) bond motifs is 2. The summed E-state index contributed by atoms with van der Waals surface area (Å²) < 4.78 is 35.0. The highest BCUT2D eigenvalue weighted by atomic mass is 19.3. The van der Waals surface area contributed by atoms with Gasteiger partial charge in [-0.2, -0.15) is 0 Å². The number of hydrogen-bond donors (Lipinski definition) is 0. The number of amides is 1. The van der Waals surface area contributed by atoms with E-state index in [2.05, 4.69) is 14.4 Å². The molecule has 2 saturated heterocycles. The molecule has 3 aliphatic rings. The van der Waals surface area contributed by atoms with Gasteiger partial charge in [0.15, 0.2) is 11.5 Å². The lowest BCUT2D eigenvalue weighted by atomic mass is 9.92. The lowest BCUT2D eigenvalue weighted by molar-refractivity contribution is -0.286. The topological polar surface area (TPSA) is 42.0 Å². The van der Waals surface area contributed by atoms with Crippen molar-refractivity contribution in [2.45, 2.75) is 31.7 Å². The molecule has 5 nitrogen and oxygen atoms in total. The number of nitrogens with zero attached hydrogens (tertiary/aromatic N) is 2. The first-order valence-corrected chi connectivity index (χ1v) is 7.78. The van der Waals surface area contributed by atoms with E-state index in [-0.39, 0.29) is 23.4 Å². The first kappa shape index (κ1) is 14.7. The van der Waals surface area contributed by atoms with Crippen molar-refractivity contribution >= 4 is 5.91 Å². The second-order valence-electron chi connectivity index (χ2n) is 6.51. The van der Waals surface area contributed by atoms with Crippen LogP contribution in [0.4, 0.5) is 8.78 Å². The van der Waals surface area contributed by atoms with E-state index in [9.17, 15) is 13.6 Å². The Hall–Kier alpha value is -1.89. The third-order valence-corrected chi connectivity index (χ3v) is 5.01. The van der Waals surface area contributed by atoms with Crippen LogP contribution in [0.3, 0.4) is 0 Å². The molecule has 3 aliphatic heterocycles. The highest BCUT2D eigenvalue weighted by Gasteiger charge is 2.44. The Labute approximate surface area is 132 Å². The van der Waals surface area contributed by atoms with Gasteiger partial charge in [-0.15, -0.1) is 8.78 Å². The summed E-state index contributed by atoms with van der Waals surface area (Å²) in [7, 11) is 1.86. The molecule has 0 N–H and O–H groups in total. The second-order valence-corrected chi connectivity index (χ2v) is 6.51. The van der Waals surface area contributed by atoms with Crippen LogP contribution in [0.25, 0.3) is 0 Å². The summed E-state index contributed by atoms with van der Waals surface area (Å²) >= 11 is 0. The average Bonchev–Trinajstić information content (AvgIpc) is 2.94. The van der Waals surface area contributed by atoms with Crippen LogP contribution in [-0.2, 0) is 11.3 Å². The molecule has 0 radical (unpaired) electrons. The molecular formula is C16H18F2N2O3. The maximum Gasteiger partial charge on any atom is 0.586 e. The monoisotopic (exact) mass is 324 g/mol. The fraction of sp³-hybridized carbons (Fsp3) is 0.562. The molecule has 0 spiro atoms. The predicted octanol–water partition coefficient (Wildman–Crippen LogP) is 2.06. The first-order valence-electron chi connectivity index (χ1n) is 7.78. The maximum absolute atomic E-state index is 13.1. The van der Waals surface area contributed by atoms with E-state index in [0.717, 1.165) is 25.1 Å². The smallest absolute Gasteiger partial charge is 0.395 e. The van der Waals surface area contributed by atoms with Crippen LogP contribution in [0.1, 0.15) is 18.4 Å². The number of ether oxygens (including phenoxy) is 2. The number of piperidine rings is 1. The van der Waals surface area contributed by atoms with Gasteiger partial charge in [0, 0.05) is 32.6 Å².